The highest BCUT2D eigenvalue weighted by Crippen LogP contribution is 2.20. The number of amides is 1. The zero-order valence-electron chi connectivity index (χ0n) is 13.9. The highest BCUT2D eigenvalue weighted by atomic mass is 32.1. The second-order valence-electron chi connectivity index (χ2n) is 5.79. The van der Waals surface area contributed by atoms with Gasteiger partial charge in [-0.05, 0) is 50.3 Å². The third-order valence-electron chi connectivity index (χ3n) is 4.04. The van der Waals surface area contributed by atoms with Gasteiger partial charge in [-0.2, -0.15) is 16.4 Å². The lowest BCUT2D eigenvalue weighted by atomic mass is 10.1. The van der Waals surface area contributed by atoms with Crippen LogP contribution in [0.1, 0.15) is 28.6 Å². The molecule has 22 heavy (non-hydrogen) atoms. The molecule has 2 heterocycles. The number of thiophene rings is 1. The number of nitrogens with one attached hydrogen (secondary N) is 1. The fraction of sp³-hybridized carbons (Fsp3) is 0.500. The molecule has 1 amide bonds. The summed E-state index contributed by atoms with van der Waals surface area (Å²) in [6.07, 6.45) is 0.384. The molecule has 0 radical (unpaired) electrons. The van der Waals surface area contributed by atoms with Crippen LogP contribution in [0.25, 0.3) is 0 Å². The molecular weight excluding hydrogens is 296 g/mol. The van der Waals surface area contributed by atoms with E-state index in [1.807, 2.05) is 39.7 Å². The SMILES string of the molecule is Cc1nn(C)c(C)c1CC(=O)NC[C@@H](c1ccsc1)N(C)C. The molecule has 2 aromatic rings. The van der Waals surface area contributed by atoms with Crippen LogP contribution in [0.4, 0.5) is 0 Å². The first kappa shape index (κ1) is 16.7. The number of carbonyl (C=O) groups excluding carboxylic acids is 1. The Morgan fingerprint density at radius 1 is 1.45 bits per heavy atom. The van der Waals surface area contributed by atoms with E-state index in [9.17, 15) is 4.79 Å². The second-order valence-corrected chi connectivity index (χ2v) is 6.57. The van der Waals surface area contributed by atoms with Crippen molar-refractivity contribution in [1.29, 1.82) is 0 Å². The zero-order chi connectivity index (χ0) is 16.3. The number of hydrogen-bond acceptors (Lipinski definition) is 4. The Kier molecular flexibility index (Phi) is 5.37. The van der Waals surface area contributed by atoms with Crippen molar-refractivity contribution < 1.29 is 4.79 Å². The van der Waals surface area contributed by atoms with Gasteiger partial charge in [0.05, 0.1) is 18.2 Å². The van der Waals surface area contributed by atoms with Gasteiger partial charge in [-0.15, -0.1) is 0 Å². The van der Waals surface area contributed by atoms with Gasteiger partial charge in [0.15, 0.2) is 0 Å². The number of rotatable bonds is 6. The predicted molar refractivity (Wildman–Crippen MR) is 90.1 cm³/mol. The number of aromatic nitrogens is 2. The first-order valence-electron chi connectivity index (χ1n) is 7.34. The van der Waals surface area contributed by atoms with Gasteiger partial charge in [-0.3, -0.25) is 9.48 Å². The van der Waals surface area contributed by atoms with Crippen LogP contribution in [0.3, 0.4) is 0 Å². The van der Waals surface area contributed by atoms with Crippen molar-refractivity contribution in [1.82, 2.24) is 20.0 Å². The summed E-state index contributed by atoms with van der Waals surface area (Å²) in [4.78, 5) is 14.4. The Morgan fingerprint density at radius 3 is 2.68 bits per heavy atom. The molecule has 2 aromatic heterocycles. The van der Waals surface area contributed by atoms with Crippen molar-refractivity contribution in [3.63, 3.8) is 0 Å². The molecule has 0 aromatic carbocycles. The number of nitrogens with zero attached hydrogens (tertiary/aromatic N) is 3. The van der Waals surface area contributed by atoms with E-state index in [1.54, 1.807) is 11.3 Å². The molecule has 120 valence electrons. The first-order chi connectivity index (χ1) is 10.4. The van der Waals surface area contributed by atoms with E-state index in [2.05, 4.69) is 32.1 Å². The van der Waals surface area contributed by atoms with Gasteiger partial charge in [0, 0.05) is 24.8 Å². The number of aryl methyl sites for hydroxylation is 2. The highest BCUT2D eigenvalue weighted by Gasteiger charge is 2.17. The largest absolute Gasteiger partial charge is 0.354 e. The van der Waals surface area contributed by atoms with Crippen molar-refractivity contribution in [3.8, 4) is 0 Å². The molecule has 1 N–H and O–H groups in total. The lowest BCUT2D eigenvalue weighted by molar-refractivity contribution is -0.120. The van der Waals surface area contributed by atoms with E-state index in [0.717, 1.165) is 17.0 Å². The van der Waals surface area contributed by atoms with E-state index in [4.69, 9.17) is 0 Å². The molecule has 1 atom stereocenters. The molecule has 0 spiro atoms. The van der Waals surface area contributed by atoms with Crippen LogP contribution in [0.15, 0.2) is 16.8 Å². The molecule has 0 unspecified atom stereocenters. The van der Waals surface area contributed by atoms with Gasteiger partial charge in [-0.25, -0.2) is 0 Å². The average molecular weight is 320 g/mol. The van der Waals surface area contributed by atoms with Crippen molar-refractivity contribution >= 4 is 17.2 Å². The van der Waals surface area contributed by atoms with Crippen LogP contribution in [-0.2, 0) is 18.3 Å². The Morgan fingerprint density at radius 2 is 2.18 bits per heavy atom. The maximum atomic E-state index is 12.3. The number of carbonyl (C=O) groups is 1. The van der Waals surface area contributed by atoms with Crippen molar-refractivity contribution in [3.05, 3.63) is 39.3 Å². The molecule has 0 aliphatic carbocycles. The summed E-state index contributed by atoms with van der Waals surface area (Å²) < 4.78 is 1.83. The summed E-state index contributed by atoms with van der Waals surface area (Å²) in [5, 5.41) is 11.6. The van der Waals surface area contributed by atoms with E-state index in [1.165, 1.54) is 5.56 Å². The van der Waals surface area contributed by atoms with Crippen LogP contribution in [0.2, 0.25) is 0 Å². The third-order valence-corrected chi connectivity index (χ3v) is 4.74. The minimum Gasteiger partial charge on any atom is -0.354 e. The van der Waals surface area contributed by atoms with Crippen molar-refractivity contribution in [2.45, 2.75) is 26.3 Å². The molecule has 0 aliphatic rings. The molecule has 5 nitrogen and oxygen atoms in total. The third kappa shape index (κ3) is 3.75. The van der Waals surface area contributed by atoms with Gasteiger partial charge < -0.3 is 10.2 Å². The molecule has 0 fully saturated rings. The molecule has 0 saturated carbocycles. The molecule has 0 aliphatic heterocycles. The van der Waals surface area contributed by atoms with Gasteiger partial charge in [-0.1, -0.05) is 0 Å². The summed E-state index contributed by atoms with van der Waals surface area (Å²) in [5.74, 6) is 0.0429. The second kappa shape index (κ2) is 7.07. The van der Waals surface area contributed by atoms with Crippen LogP contribution in [0, 0.1) is 13.8 Å². The Bertz CT molecular complexity index is 631. The summed E-state index contributed by atoms with van der Waals surface area (Å²) in [5.41, 5.74) is 4.24. The lowest BCUT2D eigenvalue weighted by Crippen LogP contribution is -2.35. The van der Waals surface area contributed by atoms with Crippen molar-refractivity contribution in [2.75, 3.05) is 20.6 Å². The maximum Gasteiger partial charge on any atom is 0.224 e. The minimum absolute atomic E-state index is 0.0429. The number of likely N-dealkylation sites (N-methyl/N-ethyl adjacent to an activating group) is 1. The lowest BCUT2D eigenvalue weighted by Gasteiger charge is -2.24. The van der Waals surface area contributed by atoms with Gasteiger partial charge in [0.1, 0.15) is 0 Å². The normalized spacial score (nSPS) is 12.6. The van der Waals surface area contributed by atoms with E-state index in [-0.39, 0.29) is 11.9 Å². The zero-order valence-corrected chi connectivity index (χ0v) is 14.7. The Hall–Kier alpha value is -1.66. The molecule has 0 bridgehead atoms. The average Bonchev–Trinajstić information content (AvgIpc) is 3.04. The maximum absolute atomic E-state index is 12.3. The van der Waals surface area contributed by atoms with E-state index < -0.39 is 0 Å². The van der Waals surface area contributed by atoms with Crippen molar-refractivity contribution in [2.24, 2.45) is 7.05 Å². The minimum atomic E-state index is 0.0429. The van der Waals surface area contributed by atoms with Gasteiger partial charge >= 0.3 is 0 Å². The van der Waals surface area contributed by atoms with Crippen LogP contribution in [0.5, 0.6) is 0 Å². The quantitative estimate of drug-likeness (QED) is 0.886. The standard InChI is InChI=1S/C16H24N4OS/c1-11-14(12(2)20(5)18-11)8-16(21)17-9-15(19(3)4)13-6-7-22-10-13/h6-7,10,15H,8-9H2,1-5H3,(H,17,21)/t15-/m0/s1. The Labute approximate surface area is 135 Å². The summed E-state index contributed by atoms with van der Waals surface area (Å²) in [6, 6.07) is 2.31. The summed E-state index contributed by atoms with van der Waals surface area (Å²) in [7, 11) is 5.97. The molecule has 2 rings (SSSR count). The van der Waals surface area contributed by atoms with Gasteiger partial charge in [0.2, 0.25) is 5.91 Å². The van der Waals surface area contributed by atoms with E-state index >= 15 is 0 Å². The monoisotopic (exact) mass is 320 g/mol. The van der Waals surface area contributed by atoms with Crippen LogP contribution < -0.4 is 5.32 Å². The number of hydrogen-bond donors (Lipinski definition) is 1. The summed E-state index contributed by atoms with van der Waals surface area (Å²) >= 11 is 1.68. The first-order valence-corrected chi connectivity index (χ1v) is 8.28. The fourth-order valence-electron chi connectivity index (χ4n) is 2.57. The Balaban J connectivity index is 1.97. The highest BCUT2D eigenvalue weighted by molar-refractivity contribution is 7.07. The van der Waals surface area contributed by atoms with Crippen LogP contribution in [-0.4, -0.2) is 41.2 Å². The van der Waals surface area contributed by atoms with Crippen LogP contribution >= 0.6 is 11.3 Å². The smallest absolute Gasteiger partial charge is 0.224 e. The topological polar surface area (TPSA) is 50.2 Å². The molecular formula is C16H24N4OS. The summed E-state index contributed by atoms with van der Waals surface area (Å²) in [6.45, 7) is 4.56. The molecule has 0 saturated heterocycles. The predicted octanol–water partition coefficient (Wildman–Crippen LogP) is 2.06. The molecule has 6 heteroatoms. The fourth-order valence-corrected chi connectivity index (χ4v) is 3.28. The van der Waals surface area contributed by atoms with Gasteiger partial charge in [0.25, 0.3) is 0 Å². The van der Waals surface area contributed by atoms with E-state index in [0.29, 0.717) is 13.0 Å².